The van der Waals surface area contributed by atoms with Crippen molar-refractivity contribution in [3.05, 3.63) is 29.3 Å². The van der Waals surface area contributed by atoms with Crippen molar-refractivity contribution in [3.63, 3.8) is 0 Å². The lowest BCUT2D eigenvalue weighted by molar-refractivity contribution is 0.0511. The Balaban J connectivity index is 1.69. The lowest BCUT2D eigenvalue weighted by atomic mass is 9.79. The van der Waals surface area contributed by atoms with Gasteiger partial charge in [-0.05, 0) is 63.0 Å². The Bertz CT molecular complexity index is 783. The van der Waals surface area contributed by atoms with Crippen molar-refractivity contribution >= 4 is 21.6 Å². The molecule has 3 rings (SSSR count). The molecular weight excluding hydrogens is 366 g/mol. The minimum atomic E-state index is -3.22. The normalized spacial score (nSPS) is 21.2. The summed E-state index contributed by atoms with van der Waals surface area (Å²) in [4.78, 5) is 12.7. The summed E-state index contributed by atoms with van der Waals surface area (Å²) in [7, 11) is -1.52. The summed E-state index contributed by atoms with van der Waals surface area (Å²) >= 11 is 0. The minimum Gasteiger partial charge on any atom is -0.384 e. The van der Waals surface area contributed by atoms with E-state index in [4.69, 9.17) is 4.74 Å². The van der Waals surface area contributed by atoms with E-state index in [1.54, 1.807) is 25.3 Å². The third-order valence-electron chi connectivity index (χ3n) is 5.58. The molecular formula is C19H29N3O4S. The van der Waals surface area contributed by atoms with E-state index < -0.39 is 10.0 Å². The number of anilines is 1. The highest BCUT2D eigenvalue weighted by atomic mass is 32.2. The van der Waals surface area contributed by atoms with Gasteiger partial charge in [-0.15, -0.1) is 0 Å². The van der Waals surface area contributed by atoms with Crippen LogP contribution >= 0.6 is 0 Å². The molecule has 0 unspecified atom stereocenters. The van der Waals surface area contributed by atoms with Gasteiger partial charge in [0.1, 0.15) is 0 Å². The van der Waals surface area contributed by atoms with Gasteiger partial charge in [0.2, 0.25) is 10.0 Å². The van der Waals surface area contributed by atoms with Gasteiger partial charge in [0.15, 0.2) is 0 Å². The average molecular weight is 396 g/mol. The molecule has 0 aromatic heterocycles. The van der Waals surface area contributed by atoms with Crippen molar-refractivity contribution in [2.75, 3.05) is 50.0 Å². The molecule has 150 valence electrons. The van der Waals surface area contributed by atoms with Gasteiger partial charge in [0.05, 0.1) is 18.0 Å². The second-order valence-corrected chi connectivity index (χ2v) is 9.62. The number of carbonyl (C=O) groups is 1. The first-order chi connectivity index (χ1) is 12.9. The molecule has 8 heteroatoms. The predicted molar refractivity (Wildman–Crippen MR) is 106 cm³/mol. The van der Waals surface area contributed by atoms with Crippen LogP contribution < -0.4 is 14.9 Å². The van der Waals surface area contributed by atoms with Gasteiger partial charge in [-0.25, -0.2) is 8.42 Å². The van der Waals surface area contributed by atoms with E-state index in [2.05, 4.69) is 10.6 Å². The highest BCUT2D eigenvalue weighted by molar-refractivity contribution is 7.93. The fourth-order valence-electron chi connectivity index (χ4n) is 3.99. The van der Waals surface area contributed by atoms with Crippen molar-refractivity contribution in [3.8, 4) is 0 Å². The molecule has 0 bridgehead atoms. The fourth-order valence-corrected chi connectivity index (χ4v) is 5.54. The number of aryl methyl sites for hydroxylation is 1. The molecule has 27 heavy (non-hydrogen) atoms. The molecule has 2 fully saturated rings. The van der Waals surface area contributed by atoms with Crippen molar-refractivity contribution in [2.24, 2.45) is 5.41 Å². The molecule has 1 aromatic carbocycles. The van der Waals surface area contributed by atoms with Crippen LogP contribution in [-0.2, 0) is 14.8 Å². The monoisotopic (exact) mass is 395 g/mol. The van der Waals surface area contributed by atoms with Gasteiger partial charge < -0.3 is 15.4 Å². The predicted octanol–water partition coefficient (Wildman–Crippen LogP) is 1.28. The summed E-state index contributed by atoms with van der Waals surface area (Å²) in [6.45, 7) is 5.40. The molecule has 0 aliphatic carbocycles. The second-order valence-electron chi connectivity index (χ2n) is 7.61. The van der Waals surface area contributed by atoms with E-state index in [0.717, 1.165) is 31.5 Å². The molecule has 2 aliphatic rings. The first-order valence-electron chi connectivity index (χ1n) is 9.46. The number of nitrogens with zero attached hydrogens (tertiary/aromatic N) is 1. The van der Waals surface area contributed by atoms with E-state index in [0.29, 0.717) is 37.4 Å². The Hall–Kier alpha value is -1.64. The third-order valence-corrected chi connectivity index (χ3v) is 7.45. The highest BCUT2D eigenvalue weighted by Crippen LogP contribution is 2.29. The molecule has 2 saturated heterocycles. The molecule has 0 atom stereocenters. The van der Waals surface area contributed by atoms with Crippen LogP contribution in [0, 0.1) is 12.3 Å². The zero-order valence-electron chi connectivity index (χ0n) is 16.1. The third kappa shape index (κ3) is 4.44. The lowest BCUT2D eigenvalue weighted by Gasteiger charge is -2.37. The lowest BCUT2D eigenvalue weighted by Crippen LogP contribution is -2.47. The van der Waals surface area contributed by atoms with Crippen LogP contribution in [0.1, 0.15) is 35.2 Å². The van der Waals surface area contributed by atoms with Crippen LogP contribution in [0.25, 0.3) is 0 Å². The van der Waals surface area contributed by atoms with Gasteiger partial charge in [-0.1, -0.05) is 0 Å². The maximum atomic E-state index is 12.7. The van der Waals surface area contributed by atoms with Crippen LogP contribution in [0.15, 0.2) is 18.2 Å². The molecule has 7 nitrogen and oxygen atoms in total. The highest BCUT2D eigenvalue weighted by Gasteiger charge is 2.33. The molecule has 0 spiro atoms. The molecule has 0 saturated carbocycles. The van der Waals surface area contributed by atoms with Crippen LogP contribution in [0.5, 0.6) is 0 Å². The van der Waals surface area contributed by atoms with E-state index in [1.807, 2.05) is 6.92 Å². The Labute approximate surface area is 161 Å². The van der Waals surface area contributed by atoms with E-state index in [9.17, 15) is 13.2 Å². The Morgan fingerprint density at radius 3 is 2.67 bits per heavy atom. The first-order valence-corrected chi connectivity index (χ1v) is 11.1. The number of rotatable bonds is 6. The molecule has 2 aliphatic heterocycles. The van der Waals surface area contributed by atoms with Crippen LogP contribution in [0.4, 0.5) is 5.69 Å². The van der Waals surface area contributed by atoms with E-state index in [-0.39, 0.29) is 17.1 Å². The fraction of sp³-hybridized carbons (Fsp3) is 0.632. The summed E-state index contributed by atoms with van der Waals surface area (Å²) in [6.07, 6.45) is 2.57. The van der Waals surface area contributed by atoms with Gasteiger partial charge in [0, 0.05) is 31.2 Å². The summed E-state index contributed by atoms with van der Waals surface area (Å²) in [5.74, 6) is 0.0578. The molecule has 2 heterocycles. The molecule has 1 amide bonds. The summed E-state index contributed by atoms with van der Waals surface area (Å²) in [5, 5.41) is 6.41. The number of hydrogen-bond donors (Lipinski definition) is 2. The maximum absolute atomic E-state index is 12.7. The number of piperidine rings is 1. The number of amides is 1. The zero-order valence-corrected chi connectivity index (χ0v) is 16.9. The molecule has 1 aromatic rings. The summed E-state index contributed by atoms with van der Waals surface area (Å²) < 4.78 is 31.0. The topological polar surface area (TPSA) is 87.7 Å². The smallest absolute Gasteiger partial charge is 0.251 e. The SMILES string of the molecule is COCC1(CNC(=O)c2ccc(N3CCCS3(=O)=O)cc2C)CCNCC1. The number of ether oxygens (including phenoxy) is 1. The standard InChI is InChI=1S/C19H29N3O4S/c1-15-12-16(22-10-3-11-27(22,24)25)4-5-17(15)18(23)21-13-19(14-26-2)6-8-20-9-7-19/h4-5,12,20H,3,6-11,13-14H2,1-2H3,(H,21,23). The number of hydrogen-bond acceptors (Lipinski definition) is 5. The number of sulfonamides is 1. The average Bonchev–Trinajstić information content (AvgIpc) is 3.00. The summed E-state index contributed by atoms with van der Waals surface area (Å²) in [5.41, 5.74) is 1.96. The zero-order chi connectivity index (χ0) is 19.5. The number of benzene rings is 1. The van der Waals surface area contributed by atoms with Gasteiger partial charge in [-0.3, -0.25) is 9.10 Å². The molecule has 2 N–H and O–H groups in total. The van der Waals surface area contributed by atoms with Crippen molar-refractivity contribution < 1.29 is 17.9 Å². The Morgan fingerprint density at radius 2 is 2.07 bits per heavy atom. The van der Waals surface area contributed by atoms with Gasteiger partial charge in [0.25, 0.3) is 5.91 Å². The minimum absolute atomic E-state index is 0.0346. The first kappa shape index (κ1) is 20.1. The van der Waals surface area contributed by atoms with Crippen molar-refractivity contribution in [1.82, 2.24) is 10.6 Å². The Morgan fingerprint density at radius 1 is 1.33 bits per heavy atom. The van der Waals surface area contributed by atoms with Gasteiger partial charge >= 0.3 is 0 Å². The van der Waals surface area contributed by atoms with Gasteiger partial charge in [-0.2, -0.15) is 0 Å². The number of carbonyl (C=O) groups excluding carboxylic acids is 1. The Kier molecular flexibility index (Phi) is 6.08. The quantitative estimate of drug-likeness (QED) is 0.758. The largest absolute Gasteiger partial charge is 0.384 e. The van der Waals surface area contributed by atoms with Crippen LogP contribution in [0.2, 0.25) is 0 Å². The summed E-state index contributed by atoms with van der Waals surface area (Å²) in [6, 6.07) is 5.23. The number of nitrogens with one attached hydrogen (secondary N) is 2. The molecule has 0 radical (unpaired) electrons. The van der Waals surface area contributed by atoms with E-state index >= 15 is 0 Å². The van der Waals surface area contributed by atoms with E-state index in [1.165, 1.54) is 4.31 Å². The van der Waals surface area contributed by atoms with Crippen LogP contribution in [-0.4, -0.2) is 60.0 Å². The number of methoxy groups -OCH3 is 1. The second kappa shape index (κ2) is 8.16. The van der Waals surface area contributed by atoms with Crippen molar-refractivity contribution in [1.29, 1.82) is 0 Å². The maximum Gasteiger partial charge on any atom is 0.251 e. The van der Waals surface area contributed by atoms with Crippen molar-refractivity contribution in [2.45, 2.75) is 26.2 Å². The van der Waals surface area contributed by atoms with Crippen LogP contribution in [0.3, 0.4) is 0 Å².